The molecule has 4 rings (SSSR count). The summed E-state index contributed by atoms with van der Waals surface area (Å²) >= 11 is 1.24. The fourth-order valence-corrected chi connectivity index (χ4v) is 4.48. The maximum Gasteiger partial charge on any atom is 0.256 e. The van der Waals surface area contributed by atoms with Crippen LogP contribution in [0.5, 0.6) is 5.75 Å². The predicted molar refractivity (Wildman–Crippen MR) is 131 cm³/mol. The topological polar surface area (TPSA) is 87.3 Å². The van der Waals surface area contributed by atoms with Crippen molar-refractivity contribution in [2.24, 2.45) is 0 Å². The smallest absolute Gasteiger partial charge is 0.256 e. The van der Waals surface area contributed by atoms with Crippen molar-refractivity contribution in [1.29, 1.82) is 0 Å². The molecule has 2 heterocycles. The number of aromatic amines is 1. The van der Waals surface area contributed by atoms with Crippen LogP contribution in [0.4, 0.5) is 5.69 Å². The third-order valence-electron chi connectivity index (χ3n) is 5.82. The Labute approximate surface area is 197 Å². The molecule has 2 aromatic carbocycles. The van der Waals surface area contributed by atoms with Crippen LogP contribution >= 0.6 is 11.8 Å². The molecule has 33 heavy (non-hydrogen) atoms. The Kier molecular flexibility index (Phi) is 7.15. The zero-order valence-corrected chi connectivity index (χ0v) is 19.9. The van der Waals surface area contributed by atoms with E-state index in [1.54, 1.807) is 7.11 Å². The van der Waals surface area contributed by atoms with Gasteiger partial charge in [-0.05, 0) is 54.8 Å². The molecular formula is C25H28N4O3S. The van der Waals surface area contributed by atoms with Gasteiger partial charge in [-0.3, -0.25) is 14.5 Å². The number of methoxy groups -OCH3 is 1. The highest BCUT2D eigenvalue weighted by Gasteiger charge is 2.21. The van der Waals surface area contributed by atoms with E-state index in [9.17, 15) is 9.59 Å². The maximum absolute atomic E-state index is 12.7. The molecule has 0 saturated carbocycles. The van der Waals surface area contributed by atoms with Gasteiger partial charge in [0.2, 0.25) is 5.91 Å². The van der Waals surface area contributed by atoms with Crippen LogP contribution in [0.1, 0.15) is 27.9 Å². The van der Waals surface area contributed by atoms with Crippen LogP contribution in [0.15, 0.2) is 52.4 Å². The quantitative estimate of drug-likeness (QED) is 0.410. The summed E-state index contributed by atoms with van der Waals surface area (Å²) in [7, 11) is 1.65. The first-order valence-electron chi connectivity index (χ1n) is 10.9. The molecule has 1 amide bonds. The lowest BCUT2D eigenvalue weighted by atomic mass is 10.1. The van der Waals surface area contributed by atoms with Crippen LogP contribution in [0.3, 0.4) is 0 Å². The van der Waals surface area contributed by atoms with E-state index < -0.39 is 0 Å². The zero-order chi connectivity index (χ0) is 23.4. The number of benzene rings is 2. The van der Waals surface area contributed by atoms with Crippen LogP contribution in [0, 0.1) is 13.8 Å². The number of hydrogen-bond acceptors (Lipinski definition) is 6. The van der Waals surface area contributed by atoms with Gasteiger partial charge in [0.05, 0.1) is 24.1 Å². The van der Waals surface area contributed by atoms with Crippen molar-refractivity contribution in [2.75, 3.05) is 24.7 Å². The monoisotopic (exact) mass is 464 g/mol. The normalized spacial score (nSPS) is 13.4. The summed E-state index contributed by atoms with van der Waals surface area (Å²) < 4.78 is 5.21. The summed E-state index contributed by atoms with van der Waals surface area (Å²) in [6, 6.07) is 13.8. The number of rotatable bonds is 7. The minimum Gasteiger partial charge on any atom is -0.497 e. The lowest BCUT2D eigenvalue weighted by Crippen LogP contribution is -2.35. The van der Waals surface area contributed by atoms with Crippen molar-refractivity contribution in [1.82, 2.24) is 14.9 Å². The predicted octanol–water partition coefficient (Wildman–Crippen LogP) is 3.68. The third-order valence-corrected chi connectivity index (χ3v) is 6.70. The molecule has 1 aliphatic heterocycles. The lowest BCUT2D eigenvalue weighted by Gasteiger charge is -2.27. The highest BCUT2D eigenvalue weighted by Crippen LogP contribution is 2.21. The first-order chi connectivity index (χ1) is 15.9. The number of carbonyl (C=O) groups excluding carboxylic acids is 1. The summed E-state index contributed by atoms with van der Waals surface area (Å²) in [4.78, 5) is 34.8. The molecule has 0 bridgehead atoms. The number of nitrogens with one attached hydrogen (secondary N) is 2. The first kappa shape index (κ1) is 23.1. The van der Waals surface area contributed by atoms with Gasteiger partial charge in [0.1, 0.15) is 5.75 Å². The number of ether oxygens (including phenoxy) is 1. The Balaban J connectivity index is 1.35. The number of carbonyl (C=O) groups is 1. The second-order valence-corrected chi connectivity index (χ2v) is 9.20. The molecule has 0 saturated heterocycles. The Bertz CT molecular complexity index is 1210. The van der Waals surface area contributed by atoms with Crippen LogP contribution in [-0.4, -0.2) is 40.2 Å². The second-order valence-electron chi connectivity index (χ2n) is 8.24. The first-order valence-corrected chi connectivity index (χ1v) is 11.9. The molecule has 0 radical (unpaired) electrons. The average molecular weight is 465 g/mol. The molecule has 0 aliphatic carbocycles. The average Bonchev–Trinajstić information content (AvgIpc) is 2.81. The summed E-state index contributed by atoms with van der Waals surface area (Å²) in [6.07, 6.45) is 0.706. The van der Waals surface area contributed by atoms with E-state index in [4.69, 9.17) is 4.74 Å². The van der Waals surface area contributed by atoms with Gasteiger partial charge >= 0.3 is 0 Å². The Morgan fingerprint density at radius 1 is 1.18 bits per heavy atom. The van der Waals surface area contributed by atoms with Crippen molar-refractivity contribution in [2.45, 2.75) is 38.5 Å². The number of anilines is 1. The van der Waals surface area contributed by atoms with E-state index >= 15 is 0 Å². The molecule has 0 spiro atoms. The summed E-state index contributed by atoms with van der Waals surface area (Å²) in [5, 5.41) is 3.38. The lowest BCUT2D eigenvalue weighted by molar-refractivity contribution is -0.113. The Morgan fingerprint density at radius 3 is 2.70 bits per heavy atom. The molecule has 3 aromatic rings. The Morgan fingerprint density at radius 2 is 1.97 bits per heavy atom. The molecule has 0 fully saturated rings. The van der Waals surface area contributed by atoms with Crippen molar-refractivity contribution < 1.29 is 9.53 Å². The summed E-state index contributed by atoms with van der Waals surface area (Å²) in [5.41, 5.74) is 5.65. The number of fused-ring (bicyclic) bond motifs is 1. The standard InChI is InChI=1S/C25H28N4O3S/c1-16-4-7-19(12-17(16)2)26-23(30)15-33-25-27-22-10-11-29(14-21(22)24(31)28-25)13-18-5-8-20(32-3)9-6-18/h4-9,12H,10-11,13-15H2,1-3H3,(H,26,30)(H,27,28,31). The van der Waals surface area contributed by atoms with Crippen molar-refractivity contribution >= 4 is 23.4 Å². The van der Waals surface area contributed by atoms with Gasteiger partial charge in [-0.2, -0.15) is 0 Å². The molecule has 2 N–H and O–H groups in total. The van der Waals surface area contributed by atoms with E-state index in [2.05, 4.69) is 20.2 Å². The highest BCUT2D eigenvalue weighted by molar-refractivity contribution is 7.99. The Hall–Kier alpha value is -3.10. The van der Waals surface area contributed by atoms with Crippen molar-refractivity contribution in [3.63, 3.8) is 0 Å². The van der Waals surface area contributed by atoms with Crippen LogP contribution in [0.25, 0.3) is 0 Å². The van der Waals surface area contributed by atoms with E-state index in [1.165, 1.54) is 22.9 Å². The maximum atomic E-state index is 12.7. The minimum absolute atomic E-state index is 0.128. The number of nitrogens with zero attached hydrogens (tertiary/aromatic N) is 2. The van der Waals surface area contributed by atoms with E-state index in [-0.39, 0.29) is 17.2 Å². The van der Waals surface area contributed by atoms with Crippen molar-refractivity contribution in [3.05, 3.63) is 80.8 Å². The zero-order valence-electron chi connectivity index (χ0n) is 19.1. The third kappa shape index (κ3) is 5.83. The van der Waals surface area contributed by atoms with E-state index in [1.807, 2.05) is 56.3 Å². The number of aromatic nitrogens is 2. The highest BCUT2D eigenvalue weighted by atomic mass is 32.2. The van der Waals surface area contributed by atoms with Gasteiger partial charge in [-0.1, -0.05) is 30.0 Å². The van der Waals surface area contributed by atoms with Gasteiger partial charge in [-0.15, -0.1) is 0 Å². The molecule has 8 heteroatoms. The van der Waals surface area contributed by atoms with Gasteiger partial charge < -0.3 is 15.0 Å². The molecule has 0 unspecified atom stereocenters. The molecule has 1 aliphatic rings. The molecule has 7 nitrogen and oxygen atoms in total. The summed E-state index contributed by atoms with van der Waals surface area (Å²) in [5.74, 6) is 0.878. The molecular weight excluding hydrogens is 436 g/mol. The van der Waals surface area contributed by atoms with Gasteiger partial charge in [-0.25, -0.2) is 4.98 Å². The molecule has 1 aromatic heterocycles. The van der Waals surface area contributed by atoms with Crippen LogP contribution in [-0.2, 0) is 24.3 Å². The number of amides is 1. The summed E-state index contributed by atoms with van der Waals surface area (Å²) in [6.45, 7) is 6.19. The molecule has 0 atom stereocenters. The SMILES string of the molecule is COc1ccc(CN2CCc3nc(SCC(=O)Nc4ccc(C)c(C)c4)[nH]c(=O)c3C2)cc1. The molecule has 172 valence electrons. The van der Waals surface area contributed by atoms with Crippen molar-refractivity contribution in [3.8, 4) is 5.75 Å². The van der Waals surface area contributed by atoms with E-state index in [0.717, 1.165) is 35.8 Å². The number of aryl methyl sites for hydroxylation is 2. The van der Waals surface area contributed by atoms with Gasteiger partial charge in [0, 0.05) is 31.7 Å². The van der Waals surface area contributed by atoms with Gasteiger partial charge in [0.25, 0.3) is 5.56 Å². The fraction of sp³-hybridized carbons (Fsp3) is 0.320. The van der Waals surface area contributed by atoms with Crippen LogP contribution in [0.2, 0.25) is 0 Å². The largest absolute Gasteiger partial charge is 0.497 e. The second kappa shape index (κ2) is 10.2. The van der Waals surface area contributed by atoms with Crippen LogP contribution < -0.4 is 15.6 Å². The number of H-pyrrole nitrogens is 1. The number of hydrogen-bond donors (Lipinski definition) is 2. The number of thioether (sulfide) groups is 1. The van der Waals surface area contributed by atoms with E-state index in [0.29, 0.717) is 23.7 Å². The fourth-order valence-electron chi connectivity index (χ4n) is 3.80. The minimum atomic E-state index is -0.130. The van der Waals surface area contributed by atoms with Gasteiger partial charge in [0.15, 0.2) is 5.16 Å².